The van der Waals surface area contributed by atoms with Gasteiger partial charge in [-0.2, -0.15) is 0 Å². The molecule has 3 rings (SSSR count). The van der Waals surface area contributed by atoms with Crippen molar-refractivity contribution in [2.45, 2.75) is 45.1 Å². The summed E-state index contributed by atoms with van der Waals surface area (Å²) in [6.07, 6.45) is 7.99. The van der Waals surface area contributed by atoms with Crippen LogP contribution in [0.4, 0.5) is 0 Å². The second-order valence-electron chi connectivity index (χ2n) is 5.38. The number of rotatable bonds is 4. The minimum atomic E-state index is 0.817. The van der Waals surface area contributed by atoms with E-state index >= 15 is 0 Å². The summed E-state index contributed by atoms with van der Waals surface area (Å²) in [4.78, 5) is 1.61. The molecular formula is C14H20N2S2. The Morgan fingerprint density at radius 3 is 2.94 bits per heavy atom. The fraction of sp³-hybridized carbons (Fsp3) is 0.643. The minimum Gasteiger partial charge on any atom is -0.362 e. The summed E-state index contributed by atoms with van der Waals surface area (Å²) >= 11 is 7.24. The maximum atomic E-state index is 5.31. The first kappa shape index (κ1) is 12.4. The summed E-state index contributed by atoms with van der Waals surface area (Å²) in [7, 11) is 0. The third-order valence-electron chi connectivity index (χ3n) is 3.84. The van der Waals surface area contributed by atoms with Crippen molar-refractivity contribution in [1.82, 2.24) is 10.6 Å². The van der Waals surface area contributed by atoms with Crippen molar-refractivity contribution < 1.29 is 0 Å². The van der Waals surface area contributed by atoms with Crippen molar-refractivity contribution in [2.75, 3.05) is 6.54 Å². The number of fused-ring (bicyclic) bond motifs is 1. The molecule has 4 heteroatoms. The first-order valence-corrected chi connectivity index (χ1v) is 8.21. The van der Waals surface area contributed by atoms with Gasteiger partial charge in [-0.25, -0.2) is 0 Å². The van der Waals surface area contributed by atoms with E-state index in [-0.39, 0.29) is 0 Å². The van der Waals surface area contributed by atoms with Gasteiger partial charge >= 0.3 is 0 Å². The predicted octanol–water partition coefficient (Wildman–Crippen LogP) is 3.00. The molecule has 2 aliphatic rings. The van der Waals surface area contributed by atoms with E-state index in [0.717, 1.165) is 24.1 Å². The lowest BCUT2D eigenvalue weighted by Gasteiger charge is -2.14. The van der Waals surface area contributed by atoms with Gasteiger partial charge in [0.15, 0.2) is 5.11 Å². The van der Waals surface area contributed by atoms with Gasteiger partial charge in [-0.3, -0.25) is 0 Å². The number of thiophene rings is 1. The second-order valence-corrected chi connectivity index (χ2v) is 6.75. The lowest BCUT2D eigenvalue weighted by molar-refractivity contribution is 0.686. The van der Waals surface area contributed by atoms with Crippen LogP contribution in [0.25, 0.3) is 0 Å². The largest absolute Gasteiger partial charge is 0.362 e. The van der Waals surface area contributed by atoms with E-state index in [2.05, 4.69) is 16.0 Å². The third kappa shape index (κ3) is 3.04. The standard InChI is InChI=1S/C14H20N2S2/c17-14(15-7-10-5-6-10)16-8-11-9-18-13-4-2-1-3-12(11)13/h9-10H,1-8H2,(H2,15,16,17). The summed E-state index contributed by atoms with van der Waals surface area (Å²) in [6.45, 7) is 1.94. The van der Waals surface area contributed by atoms with Crippen LogP contribution in [0.5, 0.6) is 0 Å². The highest BCUT2D eigenvalue weighted by molar-refractivity contribution is 7.80. The molecule has 0 radical (unpaired) electrons. The molecule has 1 heterocycles. The Hall–Kier alpha value is -0.610. The van der Waals surface area contributed by atoms with E-state index in [9.17, 15) is 0 Å². The molecule has 0 aliphatic heterocycles. The molecule has 1 fully saturated rings. The highest BCUT2D eigenvalue weighted by atomic mass is 32.1. The van der Waals surface area contributed by atoms with Crippen LogP contribution in [0.15, 0.2) is 5.38 Å². The van der Waals surface area contributed by atoms with Crippen LogP contribution in [-0.4, -0.2) is 11.7 Å². The molecule has 0 saturated heterocycles. The van der Waals surface area contributed by atoms with E-state index in [1.165, 1.54) is 44.1 Å². The molecule has 0 amide bonds. The lowest BCUT2D eigenvalue weighted by atomic mass is 9.96. The first-order valence-electron chi connectivity index (χ1n) is 6.93. The highest BCUT2D eigenvalue weighted by Gasteiger charge is 2.21. The summed E-state index contributed by atoms with van der Waals surface area (Å²) in [5.74, 6) is 0.874. The summed E-state index contributed by atoms with van der Waals surface area (Å²) in [6, 6.07) is 0. The zero-order valence-electron chi connectivity index (χ0n) is 10.6. The van der Waals surface area contributed by atoms with Crippen LogP contribution >= 0.6 is 23.6 Å². The summed E-state index contributed by atoms with van der Waals surface area (Å²) < 4.78 is 0. The van der Waals surface area contributed by atoms with Gasteiger partial charge in [-0.15, -0.1) is 11.3 Å². The van der Waals surface area contributed by atoms with Crippen LogP contribution in [0.3, 0.4) is 0 Å². The van der Waals surface area contributed by atoms with Crippen molar-refractivity contribution in [2.24, 2.45) is 5.92 Å². The Balaban J connectivity index is 1.49. The predicted molar refractivity (Wildman–Crippen MR) is 81.1 cm³/mol. The number of hydrogen-bond acceptors (Lipinski definition) is 2. The molecule has 18 heavy (non-hydrogen) atoms. The van der Waals surface area contributed by atoms with Crippen molar-refractivity contribution >= 4 is 28.7 Å². The van der Waals surface area contributed by atoms with Crippen LogP contribution in [0, 0.1) is 5.92 Å². The quantitative estimate of drug-likeness (QED) is 0.829. The van der Waals surface area contributed by atoms with E-state index in [1.54, 1.807) is 10.4 Å². The van der Waals surface area contributed by atoms with Gasteiger partial charge in [-0.05, 0) is 73.2 Å². The third-order valence-corrected chi connectivity index (χ3v) is 5.26. The fourth-order valence-corrected chi connectivity index (χ4v) is 3.81. The Kier molecular flexibility index (Phi) is 3.85. The maximum absolute atomic E-state index is 5.31. The summed E-state index contributed by atoms with van der Waals surface area (Å²) in [5, 5.41) is 9.79. The van der Waals surface area contributed by atoms with Crippen LogP contribution in [-0.2, 0) is 19.4 Å². The van der Waals surface area contributed by atoms with Crippen LogP contribution in [0.2, 0.25) is 0 Å². The maximum Gasteiger partial charge on any atom is 0.166 e. The van der Waals surface area contributed by atoms with Gasteiger partial charge in [0.2, 0.25) is 0 Å². The number of thiocarbonyl (C=S) groups is 1. The molecular weight excluding hydrogens is 260 g/mol. The molecule has 1 aromatic rings. The Morgan fingerprint density at radius 2 is 2.11 bits per heavy atom. The molecule has 0 unspecified atom stereocenters. The van der Waals surface area contributed by atoms with Gasteiger partial charge in [-0.1, -0.05) is 0 Å². The minimum absolute atomic E-state index is 0.817. The fourth-order valence-electron chi connectivity index (χ4n) is 2.51. The van der Waals surface area contributed by atoms with Crippen molar-refractivity contribution in [3.8, 4) is 0 Å². The van der Waals surface area contributed by atoms with Gasteiger partial charge in [0.05, 0.1) is 0 Å². The average Bonchev–Trinajstić information content (AvgIpc) is 3.14. The first-order chi connectivity index (χ1) is 8.83. The second kappa shape index (κ2) is 5.57. The zero-order chi connectivity index (χ0) is 12.4. The van der Waals surface area contributed by atoms with E-state index in [4.69, 9.17) is 12.2 Å². The molecule has 0 atom stereocenters. The monoisotopic (exact) mass is 280 g/mol. The molecule has 0 bridgehead atoms. The highest BCUT2D eigenvalue weighted by Crippen LogP contribution is 2.30. The van der Waals surface area contributed by atoms with Gasteiger partial charge in [0, 0.05) is 18.0 Å². The van der Waals surface area contributed by atoms with Gasteiger partial charge in [0.1, 0.15) is 0 Å². The molecule has 1 aromatic heterocycles. The average molecular weight is 280 g/mol. The smallest absolute Gasteiger partial charge is 0.166 e. The molecule has 0 spiro atoms. The Labute approximate surface area is 118 Å². The van der Waals surface area contributed by atoms with Gasteiger partial charge in [0.25, 0.3) is 0 Å². The number of aryl methyl sites for hydroxylation is 1. The lowest BCUT2D eigenvalue weighted by Crippen LogP contribution is -2.36. The number of hydrogen-bond donors (Lipinski definition) is 2. The molecule has 1 saturated carbocycles. The SMILES string of the molecule is S=C(NCc1csc2c1CCCC2)NCC1CC1. The van der Waals surface area contributed by atoms with Crippen LogP contribution in [0.1, 0.15) is 41.7 Å². The zero-order valence-corrected chi connectivity index (χ0v) is 12.3. The topological polar surface area (TPSA) is 24.1 Å². The Bertz CT molecular complexity index is 435. The molecule has 0 aromatic carbocycles. The summed E-state index contributed by atoms with van der Waals surface area (Å²) in [5.41, 5.74) is 3.06. The van der Waals surface area contributed by atoms with Crippen molar-refractivity contribution in [1.29, 1.82) is 0 Å². The van der Waals surface area contributed by atoms with Crippen molar-refractivity contribution in [3.05, 3.63) is 21.4 Å². The van der Waals surface area contributed by atoms with E-state index in [1.807, 2.05) is 11.3 Å². The Morgan fingerprint density at radius 1 is 1.28 bits per heavy atom. The normalized spacial score (nSPS) is 18.2. The molecule has 98 valence electrons. The molecule has 2 nitrogen and oxygen atoms in total. The van der Waals surface area contributed by atoms with Gasteiger partial charge < -0.3 is 10.6 Å². The number of nitrogens with one attached hydrogen (secondary N) is 2. The van der Waals surface area contributed by atoms with E-state index < -0.39 is 0 Å². The van der Waals surface area contributed by atoms with Crippen molar-refractivity contribution in [3.63, 3.8) is 0 Å². The van der Waals surface area contributed by atoms with Crippen LogP contribution < -0.4 is 10.6 Å². The molecule has 2 aliphatic carbocycles. The van der Waals surface area contributed by atoms with E-state index in [0.29, 0.717) is 0 Å². The molecule has 2 N–H and O–H groups in total.